The zero-order valence-corrected chi connectivity index (χ0v) is 19.0. The summed E-state index contributed by atoms with van der Waals surface area (Å²) in [7, 11) is 1.62. The maximum absolute atomic E-state index is 12.8. The number of ether oxygens (including phenoxy) is 1. The van der Waals surface area contributed by atoms with Crippen LogP contribution in [0.25, 0.3) is 0 Å². The Hall–Kier alpha value is -3.36. The molecule has 0 N–H and O–H groups in total. The van der Waals surface area contributed by atoms with Gasteiger partial charge in [-0.3, -0.25) is 14.4 Å². The Morgan fingerprint density at radius 2 is 1.84 bits per heavy atom. The molecule has 3 rings (SSSR count). The Balaban J connectivity index is 1.54. The molecule has 1 aromatic carbocycles. The summed E-state index contributed by atoms with van der Waals surface area (Å²) in [6.45, 7) is 7.10. The van der Waals surface area contributed by atoms with Gasteiger partial charge >= 0.3 is 0 Å². The van der Waals surface area contributed by atoms with E-state index >= 15 is 0 Å². The molecule has 1 aromatic heterocycles. The van der Waals surface area contributed by atoms with Gasteiger partial charge < -0.3 is 9.64 Å². The zero-order valence-electron chi connectivity index (χ0n) is 19.0. The predicted molar refractivity (Wildman–Crippen MR) is 120 cm³/mol. The largest absolute Gasteiger partial charge is 0.497 e. The first kappa shape index (κ1) is 23.3. The number of nitriles is 2. The van der Waals surface area contributed by atoms with Crippen LogP contribution in [-0.4, -0.2) is 58.8 Å². The van der Waals surface area contributed by atoms with Crippen LogP contribution in [0.4, 0.5) is 0 Å². The summed E-state index contributed by atoms with van der Waals surface area (Å²) in [6, 6.07) is 11.8. The van der Waals surface area contributed by atoms with Gasteiger partial charge in [-0.05, 0) is 43.5 Å². The lowest BCUT2D eigenvalue weighted by Crippen LogP contribution is -2.49. The third kappa shape index (κ3) is 5.27. The van der Waals surface area contributed by atoms with Crippen LogP contribution in [0.2, 0.25) is 0 Å². The van der Waals surface area contributed by atoms with Crippen molar-refractivity contribution in [3.63, 3.8) is 0 Å². The monoisotopic (exact) mass is 434 g/mol. The van der Waals surface area contributed by atoms with E-state index in [1.165, 1.54) is 0 Å². The molecule has 2 heterocycles. The number of aryl methyl sites for hydroxylation is 2. The fraction of sp³-hybridized carbons (Fsp3) is 0.500. The third-order valence-electron chi connectivity index (χ3n) is 6.14. The van der Waals surface area contributed by atoms with Gasteiger partial charge in [0.2, 0.25) is 5.91 Å². The highest BCUT2D eigenvalue weighted by atomic mass is 16.5. The van der Waals surface area contributed by atoms with Gasteiger partial charge in [0, 0.05) is 38.3 Å². The minimum atomic E-state index is -0.331. The van der Waals surface area contributed by atoms with E-state index < -0.39 is 0 Å². The van der Waals surface area contributed by atoms with Gasteiger partial charge in [0.1, 0.15) is 11.8 Å². The van der Waals surface area contributed by atoms with Gasteiger partial charge in [0.25, 0.3) is 0 Å². The molecule has 1 unspecified atom stereocenters. The Bertz CT molecular complexity index is 1010. The van der Waals surface area contributed by atoms with Gasteiger partial charge in [0.15, 0.2) is 0 Å². The van der Waals surface area contributed by atoms with E-state index in [0.29, 0.717) is 52.0 Å². The van der Waals surface area contributed by atoms with E-state index in [2.05, 4.69) is 22.1 Å². The highest BCUT2D eigenvalue weighted by Gasteiger charge is 2.27. The number of methoxy groups -OCH3 is 1. The van der Waals surface area contributed by atoms with Crippen molar-refractivity contribution >= 4 is 5.91 Å². The molecular formula is C24H30N6O2. The summed E-state index contributed by atoms with van der Waals surface area (Å²) in [5.41, 5.74) is 3.99. The molecule has 8 nitrogen and oxygen atoms in total. The molecule has 32 heavy (non-hydrogen) atoms. The van der Waals surface area contributed by atoms with Crippen LogP contribution in [0.5, 0.6) is 5.75 Å². The molecule has 2 aromatic rings. The summed E-state index contributed by atoms with van der Waals surface area (Å²) < 4.78 is 7.06. The van der Waals surface area contributed by atoms with E-state index in [9.17, 15) is 10.1 Å². The number of hydrogen-bond donors (Lipinski definition) is 0. The van der Waals surface area contributed by atoms with Crippen molar-refractivity contribution in [3.8, 4) is 17.9 Å². The van der Waals surface area contributed by atoms with Crippen molar-refractivity contribution in [3.05, 3.63) is 46.8 Å². The molecule has 1 aliphatic rings. The summed E-state index contributed by atoms with van der Waals surface area (Å²) in [5, 5.41) is 23.0. The quantitative estimate of drug-likeness (QED) is 0.634. The van der Waals surface area contributed by atoms with Crippen LogP contribution < -0.4 is 4.74 Å². The zero-order chi connectivity index (χ0) is 23.1. The Labute approximate surface area is 189 Å². The van der Waals surface area contributed by atoms with Crippen LogP contribution in [0.1, 0.15) is 41.4 Å². The SMILES string of the molecule is COc1ccc(C(C#N)N2CCN(C(=O)CCc3c(C)nn(CCC#N)c3C)CC2)cc1. The summed E-state index contributed by atoms with van der Waals surface area (Å²) in [6.07, 6.45) is 1.51. The van der Waals surface area contributed by atoms with E-state index in [0.717, 1.165) is 28.3 Å². The molecule has 168 valence electrons. The maximum Gasteiger partial charge on any atom is 0.222 e. The van der Waals surface area contributed by atoms with E-state index in [1.807, 2.05) is 47.7 Å². The van der Waals surface area contributed by atoms with Crippen molar-refractivity contribution in [1.29, 1.82) is 10.5 Å². The predicted octanol–water partition coefficient (Wildman–Crippen LogP) is 2.76. The fourth-order valence-corrected chi connectivity index (χ4v) is 4.24. The topological polar surface area (TPSA) is 98.2 Å². The van der Waals surface area contributed by atoms with Crippen LogP contribution in [-0.2, 0) is 17.8 Å². The molecule has 8 heteroatoms. The number of piperazine rings is 1. The number of aromatic nitrogens is 2. The molecule has 0 aliphatic carbocycles. The number of carbonyl (C=O) groups excluding carboxylic acids is 1. The standard InChI is InChI=1S/C24H30N6O2/c1-18-22(19(2)30(27-18)12-4-11-25)9-10-24(31)29-15-13-28(14-16-29)23(17-26)20-5-7-21(32-3)8-6-20/h5-8,23H,4,9-10,12-16H2,1-3H3. The second-order valence-corrected chi connectivity index (χ2v) is 8.00. The van der Waals surface area contributed by atoms with Gasteiger partial charge in [-0.2, -0.15) is 15.6 Å². The van der Waals surface area contributed by atoms with Gasteiger partial charge in [-0.15, -0.1) is 0 Å². The highest BCUT2D eigenvalue weighted by molar-refractivity contribution is 5.76. The van der Waals surface area contributed by atoms with E-state index in [1.54, 1.807) is 7.11 Å². The second-order valence-electron chi connectivity index (χ2n) is 8.00. The number of nitrogens with zero attached hydrogens (tertiary/aromatic N) is 6. The first-order valence-corrected chi connectivity index (χ1v) is 10.9. The van der Waals surface area contributed by atoms with Gasteiger partial charge in [-0.1, -0.05) is 12.1 Å². The lowest BCUT2D eigenvalue weighted by atomic mass is 10.0. The average Bonchev–Trinajstić information content (AvgIpc) is 3.09. The first-order chi connectivity index (χ1) is 15.5. The molecule has 1 atom stereocenters. The van der Waals surface area contributed by atoms with Crippen LogP contribution in [0.15, 0.2) is 24.3 Å². The van der Waals surface area contributed by atoms with Gasteiger partial charge in [-0.25, -0.2) is 0 Å². The van der Waals surface area contributed by atoms with Crippen molar-refractivity contribution in [2.45, 2.75) is 45.7 Å². The van der Waals surface area contributed by atoms with E-state index in [4.69, 9.17) is 10.00 Å². The van der Waals surface area contributed by atoms with Crippen LogP contribution >= 0.6 is 0 Å². The summed E-state index contributed by atoms with van der Waals surface area (Å²) in [5.74, 6) is 0.896. The number of rotatable bonds is 8. The van der Waals surface area contributed by atoms with E-state index in [-0.39, 0.29) is 11.9 Å². The fourth-order valence-electron chi connectivity index (χ4n) is 4.24. The average molecular weight is 435 g/mol. The van der Waals surface area contributed by atoms with Crippen molar-refractivity contribution < 1.29 is 9.53 Å². The molecule has 0 radical (unpaired) electrons. The molecular weight excluding hydrogens is 404 g/mol. The molecule has 1 saturated heterocycles. The Morgan fingerprint density at radius 1 is 1.16 bits per heavy atom. The minimum absolute atomic E-state index is 0.131. The molecule has 0 bridgehead atoms. The number of carbonyl (C=O) groups is 1. The Morgan fingerprint density at radius 3 is 2.44 bits per heavy atom. The highest BCUT2D eigenvalue weighted by Crippen LogP contribution is 2.24. The lowest BCUT2D eigenvalue weighted by molar-refractivity contribution is -0.133. The van der Waals surface area contributed by atoms with Crippen molar-refractivity contribution in [1.82, 2.24) is 19.6 Å². The van der Waals surface area contributed by atoms with Crippen LogP contribution in [0, 0.1) is 36.5 Å². The molecule has 1 amide bonds. The number of amides is 1. The smallest absolute Gasteiger partial charge is 0.222 e. The molecule has 1 aliphatic heterocycles. The molecule has 0 saturated carbocycles. The van der Waals surface area contributed by atoms with Crippen molar-refractivity contribution in [2.24, 2.45) is 0 Å². The molecule has 0 spiro atoms. The Kier molecular flexibility index (Phi) is 7.86. The van der Waals surface area contributed by atoms with Gasteiger partial charge in [0.05, 0.1) is 37.9 Å². The molecule has 1 fully saturated rings. The third-order valence-corrected chi connectivity index (χ3v) is 6.14. The normalized spacial score (nSPS) is 15.1. The second kappa shape index (κ2) is 10.8. The number of benzene rings is 1. The van der Waals surface area contributed by atoms with Crippen molar-refractivity contribution in [2.75, 3.05) is 33.3 Å². The maximum atomic E-state index is 12.8. The first-order valence-electron chi connectivity index (χ1n) is 10.9. The lowest BCUT2D eigenvalue weighted by Gasteiger charge is -2.37. The number of hydrogen-bond acceptors (Lipinski definition) is 6. The summed E-state index contributed by atoms with van der Waals surface area (Å²) in [4.78, 5) is 16.8. The van der Waals surface area contributed by atoms with Crippen LogP contribution in [0.3, 0.4) is 0 Å². The minimum Gasteiger partial charge on any atom is -0.497 e. The summed E-state index contributed by atoms with van der Waals surface area (Å²) >= 11 is 0.